The molecular weight excluding hydrogens is 273 g/mol. The van der Waals surface area contributed by atoms with Crippen LogP contribution in [-0.4, -0.2) is 18.5 Å². The summed E-state index contributed by atoms with van der Waals surface area (Å²) in [7, 11) is 2.10. The Kier molecular flexibility index (Phi) is 3.20. The van der Waals surface area contributed by atoms with Crippen LogP contribution in [0.25, 0.3) is 10.8 Å². The second-order valence-electron chi connectivity index (χ2n) is 6.20. The van der Waals surface area contributed by atoms with Gasteiger partial charge in [-0.15, -0.1) is 0 Å². The number of nitrogens with zero attached hydrogens (tertiary/aromatic N) is 1. The highest BCUT2D eigenvalue weighted by molar-refractivity contribution is 5.83. The average Bonchev–Trinajstić information content (AvgIpc) is 2.53. The molecule has 110 valence electrons. The van der Waals surface area contributed by atoms with E-state index in [1.807, 2.05) is 6.07 Å². The second kappa shape index (κ2) is 5.22. The molecule has 1 heterocycles. The topological polar surface area (TPSA) is 3.24 Å². The first-order valence-electron chi connectivity index (χ1n) is 7.66. The van der Waals surface area contributed by atoms with E-state index in [1.165, 1.54) is 21.9 Å². The molecule has 0 N–H and O–H groups in total. The van der Waals surface area contributed by atoms with Crippen molar-refractivity contribution < 1.29 is 4.39 Å². The van der Waals surface area contributed by atoms with Crippen LogP contribution < -0.4 is 0 Å². The van der Waals surface area contributed by atoms with Crippen LogP contribution in [0.2, 0.25) is 0 Å². The van der Waals surface area contributed by atoms with Crippen molar-refractivity contribution in [3.05, 3.63) is 83.2 Å². The number of hydrogen-bond acceptors (Lipinski definition) is 1. The summed E-state index contributed by atoms with van der Waals surface area (Å²) in [5.41, 5.74) is 3.67. The van der Waals surface area contributed by atoms with Gasteiger partial charge < -0.3 is 4.90 Å². The molecule has 1 unspecified atom stereocenters. The molecule has 0 spiro atoms. The van der Waals surface area contributed by atoms with Crippen LogP contribution in [0.3, 0.4) is 0 Å². The zero-order valence-electron chi connectivity index (χ0n) is 12.6. The molecule has 3 aromatic carbocycles. The Morgan fingerprint density at radius 3 is 2.64 bits per heavy atom. The zero-order chi connectivity index (χ0) is 15.1. The Balaban J connectivity index is 1.84. The molecule has 0 fully saturated rings. The van der Waals surface area contributed by atoms with Gasteiger partial charge in [0.05, 0.1) is 0 Å². The minimum absolute atomic E-state index is 0.147. The summed E-state index contributed by atoms with van der Waals surface area (Å²) in [6.07, 6.45) is 0. The summed E-state index contributed by atoms with van der Waals surface area (Å²) >= 11 is 0. The van der Waals surface area contributed by atoms with Crippen LogP contribution in [0.15, 0.2) is 60.7 Å². The third kappa shape index (κ3) is 2.30. The van der Waals surface area contributed by atoms with Gasteiger partial charge in [0.15, 0.2) is 0 Å². The summed E-state index contributed by atoms with van der Waals surface area (Å²) in [6.45, 7) is 1.79. The van der Waals surface area contributed by atoms with Gasteiger partial charge >= 0.3 is 0 Å². The van der Waals surface area contributed by atoms with Gasteiger partial charge in [0.2, 0.25) is 0 Å². The second-order valence-corrected chi connectivity index (χ2v) is 6.20. The fourth-order valence-electron chi connectivity index (χ4n) is 3.53. The maximum absolute atomic E-state index is 13.5. The fraction of sp³-hybridized carbons (Fsp3) is 0.200. The molecule has 1 aliphatic heterocycles. The van der Waals surface area contributed by atoms with E-state index in [1.54, 1.807) is 12.1 Å². The van der Waals surface area contributed by atoms with E-state index in [4.69, 9.17) is 0 Å². The Labute approximate surface area is 130 Å². The van der Waals surface area contributed by atoms with E-state index in [0.29, 0.717) is 5.92 Å². The number of benzene rings is 3. The molecule has 22 heavy (non-hydrogen) atoms. The number of fused-ring (bicyclic) bond motifs is 2. The normalized spacial score (nSPS) is 18.4. The number of hydrogen-bond donors (Lipinski definition) is 0. The van der Waals surface area contributed by atoms with Gasteiger partial charge in [-0.25, -0.2) is 4.39 Å². The highest BCUT2D eigenvalue weighted by Gasteiger charge is 2.25. The number of likely N-dealkylation sites (N-methyl/N-ethyl adjacent to an activating group) is 1. The monoisotopic (exact) mass is 291 g/mol. The first-order chi connectivity index (χ1) is 10.7. The van der Waals surface area contributed by atoms with Crippen molar-refractivity contribution in [2.24, 2.45) is 0 Å². The largest absolute Gasteiger partial charge is 0.301 e. The van der Waals surface area contributed by atoms with Gasteiger partial charge in [0.1, 0.15) is 5.82 Å². The molecule has 0 aliphatic carbocycles. The van der Waals surface area contributed by atoms with Crippen molar-refractivity contribution in [3.8, 4) is 0 Å². The lowest BCUT2D eigenvalue weighted by Crippen LogP contribution is -2.31. The summed E-state index contributed by atoms with van der Waals surface area (Å²) in [6, 6.07) is 20.3. The van der Waals surface area contributed by atoms with Crippen LogP contribution in [0.5, 0.6) is 0 Å². The Morgan fingerprint density at radius 2 is 1.77 bits per heavy atom. The molecule has 3 aromatic rings. The van der Waals surface area contributed by atoms with Crippen molar-refractivity contribution in [2.45, 2.75) is 12.5 Å². The van der Waals surface area contributed by atoms with E-state index >= 15 is 0 Å². The predicted octanol–water partition coefficient (Wildman–Crippen LogP) is 4.56. The molecule has 2 heteroatoms. The van der Waals surface area contributed by atoms with Gasteiger partial charge in [0.25, 0.3) is 0 Å². The van der Waals surface area contributed by atoms with E-state index in [0.717, 1.165) is 18.7 Å². The lowest BCUT2D eigenvalue weighted by molar-refractivity contribution is 0.294. The lowest BCUT2D eigenvalue weighted by atomic mass is 9.84. The number of rotatable bonds is 1. The Hall–Kier alpha value is -2.19. The first kappa shape index (κ1) is 13.5. The van der Waals surface area contributed by atoms with Gasteiger partial charge in [-0.05, 0) is 46.6 Å². The fourth-order valence-corrected chi connectivity index (χ4v) is 3.53. The Morgan fingerprint density at radius 1 is 0.955 bits per heavy atom. The van der Waals surface area contributed by atoms with Crippen molar-refractivity contribution in [1.29, 1.82) is 0 Å². The SMILES string of the molecule is CN1Cc2cc(F)ccc2C(c2ccc3ccccc3c2)C1. The molecule has 1 aliphatic rings. The van der Waals surface area contributed by atoms with Crippen molar-refractivity contribution in [2.75, 3.05) is 13.6 Å². The van der Waals surface area contributed by atoms with Crippen LogP contribution in [0.4, 0.5) is 4.39 Å². The highest BCUT2D eigenvalue weighted by Crippen LogP contribution is 2.34. The molecule has 1 atom stereocenters. The summed E-state index contributed by atoms with van der Waals surface area (Å²) in [4.78, 5) is 2.27. The van der Waals surface area contributed by atoms with Crippen molar-refractivity contribution >= 4 is 10.8 Å². The maximum Gasteiger partial charge on any atom is 0.123 e. The smallest absolute Gasteiger partial charge is 0.123 e. The minimum atomic E-state index is -0.147. The molecule has 4 rings (SSSR count). The van der Waals surface area contributed by atoms with E-state index in [2.05, 4.69) is 54.4 Å². The highest BCUT2D eigenvalue weighted by atomic mass is 19.1. The molecule has 0 radical (unpaired) electrons. The molecule has 0 aromatic heterocycles. The molecule has 0 bridgehead atoms. The molecule has 1 nitrogen and oxygen atoms in total. The van der Waals surface area contributed by atoms with Gasteiger partial charge in [-0.3, -0.25) is 0 Å². The van der Waals surface area contributed by atoms with Crippen molar-refractivity contribution in [1.82, 2.24) is 4.90 Å². The number of halogens is 1. The van der Waals surface area contributed by atoms with Gasteiger partial charge in [0, 0.05) is 19.0 Å². The van der Waals surface area contributed by atoms with E-state index < -0.39 is 0 Å². The summed E-state index contributed by atoms with van der Waals surface area (Å²) < 4.78 is 13.5. The first-order valence-corrected chi connectivity index (χ1v) is 7.66. The van der Waals surface area contributed by atoms with Crippen LogP contribution in [0.1, 0.15) is 22.6 Å². The molecule has 0 saturated heterocycles. The standard InChI is InChI=1S/C20H18FN/c1-22-12-17-11-18(21)8-9-19(17)20(13-22)16-7-6-14-4-2-3-5-15(14)10-16/h2-11,20H,12-13H2,1H3. The van der Waals surface area contributed by atoms with Crippen LogP contribution >= 0.6 is 0 Å². The lowest BCUT2D eigenvalue weighted by Gasteiger charge is -2.32. The maximum atomic E-state index is 13.5. The predicted molar refractivity (Wildman–Crippen MR) is 88.5 cm³/mol. The van der Waals surface area contributed by atoms with Gasteiger partial charge in [-0.1, -0.05) is 48.5 Å². The average molecular weight is 291 g/mol. The summed E-state index contributed by atoms with van der Waals surface area (Å²) in [5.74, 6) is 0.158. The van der Waals surface area contributed by atoms with Crippen molar-refractivity contribution in [3.63, 3.8) is 0 Å². The van der Waals surface area contributed by atoms with Crippen LogP contribution in [0, 0.1) is 5.82 Å². The Bertz CT molecular complexity index is 840. The van der Waals surface area contributed by atoms with E-state index in [-0.39, 0.29) is 5.82 Å². The molecular formula is C20H18FN. The van der Waals surface area contributed by atoms with E-state index in [9.17, 15) is 4.39 Å². The third-order valence-corrected chi connectivity index (χ3v) is 4.59. The van der Waals surface area contributed by atoms with Crippen LogP contribution in [-0.2, 0) is 6.54 Å². The molecule has 0 amide bonds. The quantitative estimate of drug-likeness (QED) is 0.635. The van der Waals surface area contributed by atoms with Gasteiger partial charge in [-0.2, -0.15) is 0 Å². The zero-order valence-corrected chi connectivity index (χ0v) is 12.6. The third-order valence-electron chi connectivity index (χ3n) is 4.59. The summed E-state index contributed by atoms with van der Waals surface area (Å²) in [5, 5.41) is 2.52. The minimum Gasteiger partial charge on any atom is -0.301 e. The molecule has 0 saturated carbocycles.